The van der Waals surface area contributed by atoms with E-state index in [2.05, 4.69) is 32.2 Å². The molecule has 3 aromatic rings. The molecule has 35 heavy (non-hydrogen) atoms. The van der Waals surface area contributed by atoms with Crippen LogP contribution in [0.4, 0.5) is 0 Å². The fourth-order valence-electron chi connectivity index (χ4n) is 4.84. The molecule has 7 heteroatoms. The van der Waals surface area contributed by atoms with Gasteiger partial charge in [-0.05, 0) is 47.9 Å². The first-order valence-electron chi connectivity index (χ1n) is 12.0. The van der Waals surface area contributed by atoms with E-state index >= 15 is 0 Å². The van der Waals surface area contributed by atoms with E-state index in [9.17, 15) is 15.3 Å². The van der Waals surface area contributed by atoms with Crippen molar-refractivity contribution in [2.75, 3.05) is 0 Å². The maximum absolute atomic E-state index is 11.1. The van der Waals surface area contributed by atoms with Gasteiger partial charge in [-0.1, -0.05) is 70.1 Å². The van der Waals surface area contributed by atoms with E-state index in [4.69, 9.17) is 25.3 Å². The van der Waals surface area contributed by atoms with Crippen LogP contribution >= 0.6 is 50.5 Å². The van der Waals surface area contributed by atoms with Crippen LogP contribution in [0.25, 0.3) is 0 Å². The Bertz CT molecular complexity index is 1110. The predicted molar refractivity (Wildman–Crippen MR) is 156 cm³/mol. The monoisotopic (exact) mass is 546 g/mol. The number of rotatable bonds is 11. The van der Waals surface area contributed by atoms with Gasteiger partial charge in [0.25, 0.3) is 0 Å². The van der Waals surface area contributed by atoms with Crippen LogP contribution in [0.15, 0.2) is 68.1 Å². The molecule has 3 nitrogen and oxygen atoms in total. The molecule has 0 fully saturated rings. The number of thiol groups is 4. The van der Waals surface area contributed by atoms with Crippen molar-refractivity contribution < 1.29 is 15.3 Å². The van der Waals surface area contributed by atoms with E-state index < -0.39 is 5.41 Å². The average Bonchev–Trinajstić information content (AvgIpc) is 2.82. The summed E-state index contributed by atoms with van der Waals surface area (Å²) in [4.78, 5) is 1.99. The Hall–Kier alpha value is -1.54. The zero-order valence-electron chi connectivity index (χ0n) is 19.9. The second-order valence-corrected chi connectivity index (χ2v) is 10.9. The number of aromatic hydroxyl groups is 3. The zero-order valence-corrected chi connectivity index (χ0v) is 23.5. The molecule has 0 aliphatic rings. The van der Waals surface area contributed by atoms with Gasteiger partial charge in [0.15, 0.2) is 0 Å². The second-order valence-electron chi connectivity index (χ2n) is 9.01. The summed E-state index contributed by atoms with van der Waals surface area (Å²) >= 11 is 18.5. The molecule has 0 amide bonds. The third-order valence-corrected chi connectivity index (χ3v) is 8.08. The molecular formula is C28H34O3S4. The molecule has 0 aromatic heterocycles. The molecule has 0 unspecified atom stereocenters. The molecule has 0 atom stereocenters. The first kappa shape index (κ1) is 28.0. The summed E-state index contributed by atoms with van der Waals surface area (Å²) < 4.78 is 0. The lowest BCUT2D eigenvalue weighted by atomic mass is 9.66. The maximum atomic E-state index is 11.1. The Kier molecular flexibility index (Phi) is 10.1. The van der Waals surface area contributed by atoms with Crippen molar-refractivity contribution in [3.63, 3.8) is 0 Å². The van der Waals surface area contributed by atoms with E-state index in [1.807, 2.05) is 24.3 Å². The molecule has 188 valence electrons. The van der Waals surface area contributed by atoms with Crippen LogP contribution in [0.1, 0.15) is 75.0 Å². The molecule has 0 aliphatic heterocycles. The summed E-state index contributed by atoms with van der Waals surface area (Å²) in [6, 6.07) is 14.1. The molecule has 0 radical (unpaired) electrons. The number of benzene rings is 3. The predicted octanol–water partition coefficient (Wildman–Crippen LogP) is 8.43. The summed E-state index contributed by atoms with van der Waals surface area (Å²) in [7, 11) is 0. The standard InChI is InChI=1S/C28H34O3S4/c1-2-3-4-5-6-7-10-13-28(18-11-8-9-12-21(18)29,19-14-26(34)22(30)16-24(19)32)20-15-27(35)23(31)17-25(20)33/h8-9,11-12,14-17,29-35H,2-7,10,13H2,1H3. The summed E-state index contributed by atoms with van der Waals surface area (Å²) in [6.07, 6.45) is 8.65. The summed E-state index contributed by atoms with van der Waals surface area (Å²) in [5.41, 5.74) is 1.43. The van der Waals surface area contributed by atoms with E-state index in [-0.39, 0.29) is 17.2 Å². The molecule has 0 heterocycles. The smallest absolute Gasteiger partial charge is 0.130 e. The molecule has 0 saturated carbocycles. The molecule has 3 rings (SSSR count). The van der Waals surface area contributed by atoms with Crippen molar-refractivity contribution in [2.45, 2.75) is 83.3 Å². The van der Waals surface area contributed by atoms with Crippen LogP contribution in [0, 0.1) is 0 Å². The average molecular weight is 547 g/mol. The van der Waals surface area contributed by atoms with Crippen molar-refractivity contribution >= 4 is 50.5 Å². The minimum absolute atomic E-state index is 0.0379. The van der Waals surface area contributed by atoms with Crippen molar-refractivity contribution in [3.05, 3.63) is 65.2 Å². The Morgan fingerprint density at radius 3 is 1.57 bits per heavy atom. The topological polar surface area (TPSA) is 60.7 Å². The van der Waals surface area contributed by atoms with Gasteiger partial charge in [0.1, 0.15) is 17.2 Å². The lowest BCUT2D eigenvalue weighted by molar-refractivity contribution is 0.426. The molecule has 0 saturated heterocycles. The van der Waals surface area contributed by atoms with Gasteiger partial charge in [0.05, 0.1) is 5.41 Å². The Balaban J connectivity index is 2.23. The molecule has 0 spiro atoms. The van der Waals surface area contributed by atoms with Crippen molar-refractivity contribution in [3.8, 4) is 17.2 Å². The van der Waals surface area contributed by atoms with Crippen molar-refractivity contribution in [1.82, 2.24) is 0 Å². The van der Waals surface area contributed by atoms with Crippen LogP contribution in [-0.4, -0.2) is 15.3 Å². The van der Waals surface area contributed by atoms with Gasteiger partial charge in [-0.2, -0.15) is 0 Å². The fourth-order valence-corrected chi connectivity index (χ4v) is 5.98. The number of unbranched alkanes of at least 4 members (excludes halogenated alkanes) is 6. The minimum atomic E-state index is -0.862. The molecule has 3 N–H and O–H groups in total. The van der Waals surface area contributed by atoms with Crippen LogP contribution in [-0.2, 0) is 5.41 Å². The van der Waals surface area contributed by atoms with E-state index in [1.54, 1.807) is 24.3 Å². The SMILES string of the molecule is CCCCCCCCCC(c1ccccc1O)(c1cc(S)c(O)cc1S)c1cc(S)c(O)cc1S. The first-order valence-corrected chi connectivity index (χ1v) is 13.8. The highest BCUT2D eigenvalue weighted by atomic mass is 32.1. The second kappa shape index (κ2) is 12.6. The van der Waals surface area contributed by atoms with E-state index in [0.29, 0.717) is 31.6 Å². The first-order chi connectivity index (χ1) is 16.7. The number of hydrogen-bond acceptors (Lipinski definition) is 7. The highest BCUT2D eigenvalue weighted by molar-refractivity contribution is 7.81. The van der Waals surface area contributed by atoms with Gasteiger partial charge in [-0.25, -0.2) is 0 Å². The zero-order chi connectivity index (χ0) is 25.6. The molecular weight excluding hydrogens is 513 g/mol. The quantitative estimate of drug-likeness (QED) is 0.0750. The highest BCUT2D eigenvalue weighted by Crippen LogP contribution is 2.52. The Morgan fingerprint density at radius 2 is 1.06 bits per heavy atom. The van der Waals surface area contributed by atoms with Crippen LogP contribution in [0.3, 0.4) is 0 Å². The van der Waals surface area contributed by atoms with Gasteiger partial charge in [-0.3, -0.25) is 0 Å². The molecule has 3 aromatic carbocycles. The van der Waals surface area contributed by atoms with Crippen LogP contribution in [0.2, 0.25) is 0 Å². The van der Waals surface area contributed by atoms with Crippen LogP contribution < -0.4 is 0 Å². The number of phenols is 3. The highest BCUT2D eigenvalue weighted by Gasteiger charge is 2.41. The summed E-state index contributed by atoms with van der Waals surface area (Å²) in [5.74, 6) is 0.227. The number of hydrogen-bond donors (Lipinski definition) is 7. The van der Waals surface area contributed by atoms with E-state index in [1.165, 1.54) is 25.7 Å². The normalized spacial score (nSPS) is 11.7. The van der Waals surface area contributed by atoms with Crippen molar-refractivity contribution in [1.29, 1.82) is 0 Å². The van der Waals surface area contributed by atoms with Gasteiger partial charge in [0.2, 0.25) is 0 Å². The number of para-hydroxylation sites is 1. The third-order valence-electron chi connectivity index (χ3n) is 6.62. The summed E-state index contributed by atoms with van der Waals surface area (Å²) in [5, 5.41) is 31.7. The third kappa shape index (κ3) is 6.24. The molecule has 0 bridgehead atoms. The largest absolute Gasteiger partial charge is 0.508 e. The Morgan fingerprint density at radius 1 is 0.571 bits per heavy atom. The fraction of sp³-hybridized carbons (Fsp3) is 0.357. The molecule has 0 aliphatic carbocycles. The van der Waals surface area contributed by atoms with E-state index in [0.717, 1.165) is 30.4 Å². The lowest BCUT2D eigenvalue weighted by Crippen LogP contribution is -2.31. The Labute approximate surface area is 230 Å². The van der Waals surface area contributed by atoms with Gasteiger partial charge < -0.3 is 15.3 Å². The minimum Gasteiger partial charge on any atom is -0.508 e. The van der Waals surface area contributed by atoms with Crippen molar-refractivity contribution in [2.24, 2.45) is 0 Å². The number of phenolic OH excluding ortho intramolecular Hbond substituents is 3. The lowest BCUT2D eigenvalue weighted by Gasteiger charge is -2.38. The van der Waals surface area contributed by atoms with Gasteiger partial charge >= 0.3 is 0 Å². The van der Waals surface area contributed by atoms with Crippen LogP contribution in [0.5, 0.6) is 17.2 Å². The summed E-state index contributed by atoms with van der Waals surface area (Å²) in [6.45, 7) is 2.21. The van der Waals surface area contributed by atoms with Gasteiger partial charge in [-0.15, -0.1) is 50.5 Å². The van der Waals surface area contributed by atoms with Gasteiger partial charge in [0, 0.05) is 25.1 Å². The maximum Gasteiger partial charge on any atom is 0.130 e.